The Bertz CT molecular complexity index is 222. The summed E-state index contributed by atoms with van der Waals surface area (Å²) in [5.41, 5.74) is 10.5. The van der Waals surface area contributed by atoms with E-state index in [2.05, 4.69) is 25.8 Å². The van der Waals surface area contributed by atoms with Gasteiger partial charge in [0.15, 0.2) is 5.96 Å². The fraction of sp³-hybridized carbons (Fsp3) is 0.909. The highest BCUT2D eigenvalue weighted by atomic mass is 16.5. The van der Waals surface area contributed by atoms with Crippen LogP contribution in [0.1, 0.15) is 40.0 Å². The molecule has 1 fully saturated rings. The molecule has 4 nitrogen and oxygen atoms in total. The molecule has 0 unspecified atom stereocenters. The Morgan fingerprint density at radius 1 is 1.33 bits per heavy atom. The molecule has 0 radical (unpaired) electrons. The summed E-state index contributed by atoms with van der Waals surface area (Å²) in [6.45, 7) is 7.04. The lowest BCUT2D eigenvalue weighted by atomic mass is 9.80. The first-order valence-electron chi connectivity index (χ1n) is 5.60. The van der Waals surface area contributed by atoms with Crippen LogP contribution in [0.5, 0.6) is 0 Å². The number of rotatable bonds is 4. The molecule has 0 heterocycles. The Balaban J connectivity index is 2.08. The van der Waals surface area contributed by atoms with Crippen molar-refractivity contribution in [3.8, 4) is 0 Å². The smallest absolute Gasteiger partial charge is 0.185 e. The van der Waals surface area contributed by atoms with Crippen LogP contribution >= 0.6 is 0 Å². The Kier molecular flexibility index (Phi) is 3.97. The average Bonchev–Trinajstić information content (AvgIpc) is 1.96. The van der Waals surface area contributed by atoms with E-state index in [-0.39, 0.29) is 11.6 Å². The van der Waals surface area contributed by atoms with Crippen LogP contribution in [0.15, 0.2) is 4.99 Å². The molecule has 1 aliphatic rings. The third-order valence-electron chi connectivity index (χ3n) is 2.54. The first kappa shape index (κ1) is 12.3. The Hall–Kier alpha value is -0.770. The number of aliphatic imine (C=N–C) groups is 1. The quantitative estimate of drug-likeness (QED) is 0.545. The highest BCUT2D eigenvalue weighted by Crippen LogP contribution is 2.34. The number of hydrogen-bond acceptors (Lipinski definition) is 2. The van der Waals surface area contributed by atoms with Gasteiger partial charge in [0, 0.05) is 6.54 Å². The van der Waals surface area contributed by atoms with Gasteiger partial charge >= 0.3 is 0 Å². The molecule has 1 saturated carbocycles. The Morgan fingerprint density at radius 3 is 2.40 bits per heavy atom. The zero-order valence-electron chi connectivity index (χ0n) is 9.99. The molecule has 88 valence electrons. The number of ether oxygens (including phenoxy) is 1. The normalized spacial score (nSPS) is 25.8. The predicted octanol–water partition coefficient (Wildman–Crippen LogP) is 1.24. The van der Waals surface area contributed by atoms with Gasteiger partial charge in [0.2, 0.25) is 0 Å². The van der Waals surface area contributed by atoms with Crippen LogP contribution in [0.3, 0.4) is 0 Å². The third kappa shape index (κ3) is 5.02. The Morgan fingerprint density at radius 2 is 1.93 bits per heavy atom. The van der Waals surface area contributed by atoms with Crippen LogP contribution in [-0.4, -0.2) is 24.2 Å². The van der Waals surface area contributed by atoms with Crippen molar-refractivity contribution in [1.29, 1.82) is 0 Å². The van der Waals surface area contributed by atoms with Gasteiger partial charge in [-0.25, -0.2) is 0 Å². The monoisotopic (exact) mass is 213 g/mol. The number of guanidine groups is 1. The van der Waals surface area contributed by atoms with E-state index in [0.29, 0.717) is 6.10 Å². The minimum absolute atomic E-state index is 0.0184. The molecule has 0 atom stereocenters. The lowest BCUT2D eigenvalue weighted by Gasteiger charge is -2.39. The lowest BCUT2D eigenvalue weighted by Crippen LogP contribution is -2.37. The summed E-state index contributed by atoms with van der Waals surface area (Å²) in [7, 11) is 0. The third-order valence-corrected chi connectivity index (χ3v) is 2.54. The van der Waals surface area contributed by atoms with Gasteiger partial charge in [-0.15, -0.1) is 0 Å². The summed E-state index contributed by atoms with van der Waals surface area (Å²) in [6.07, 6.45) is 3.81. The molecule has 4 heteroatoms. The van der Waals surface area contributed by atoms with E-state index in [0.717, 1.165) is 31.7 Å². The van der Waals surface area contributed by atoms with Gasteiger partial charge in [0.25, 0.3) is 0 Å². The van der Waals surface area contributed by atoms with Crippen molar-refractivity contribution in [2.45, 2.75) is 51.7 Å². The molecule has 4 N–H and O–H groups in total. The molecule has 0 saturated heterocycles. The van der Waals surface area contributed by atoms with Crippen LogP contribution in [0, 0.1) is 5.92 Å². The summed E-state index contributed by atoms with van der Waals surface area (Å²) in [6, 6.07) is 0. The van der Waals surface area contributed by atoms with E-state index in [1.54, 1.807) is 0 Å². The zero-order chi connectivity index (χ0) is 11.5. The summed E-state index contributed by atoms with van der Waals surface area (Å²) in [5, 5.41) is 0. The fourth-order valence-electron chi connectivity index (χ4n) is 1.88. The van der Waals surface area contributed by atoms with Crippen molar-refractivity contribution in [2.75, 3.05) is 6.54 Å². The van der Waals surface area contributed by atoms with Gasteiger partial charge in [0.05, 0.1) is 11.7 Å². The van der Waals surface area contributed by atoms with Gasteiger partial charge in [0.1, 0.15) is 0 Å². The van der Waals surface area contributed by atoms with E-state index in [4.69, 9.17) is 16.2 Å². The van der Waals surface area contributed by atoms with Crippen molar-refractivity contribution in [3.63, 3.8) is 0 Å². The minimum Gasteiger partial charge on any atom is -0.373 e. The minimum atomic E-state index is -0.0184. The summed E-state index contributed by atoms with van der Waals surface area (Å²) in [4.78, 5) is 3.98. The molecular formula is C11H23N3O. The number of hydrogen-bond donors (Lipinski definition) is 2. The second-order valence-corrected chi connectivity index (χ2v) is 5.28. The van der Waals surface area contributed by atoms with Crippen molar-refractivity contribution in [1.82, 2.24) is 0 Å². The van der Waals surface area contributed by atoms with Crippen LogP contribution in [0.25, 0.3) is 0 Å². The molecule has 1 rings (SSSR count). The van der Waals surface area contributed by atoms with Gasteiger partial charge in [-0.1, -0.05) is 0 Å². The van der Waals surface area contributed by atoms with Gasteiger partial charge in [-0.3, -0.25) is 4.99 Å². The maximum atomic E-state index is 5.85. The second-order valence-electron chi connectivity index (χ2n) is 5.28. The van der Waals surface area contributed by atoms with Crippen molar-refractivity contribution in [2.24, 2.45) is 22.4 Å². The second kappa shape index (κ2) is 4.84. The topological polar surface area (TPSA) is 73.6 Å². The van der Waals surface area contributed by atoms with Gasteiger partial charge < -0.3 is 16.2 Å². The standard InChI is InChI=1S/C11H23N3O/c1-11(2,3)15-9-6-8(7-9)4-5-14-10(12)13/h8-9H,4-7H2,1-3H3,(H4,12,13,14). The molecule has 0 aromatic heterocycles. The summed E-state index contributed by atoms with van der Waals surface area (Å²) in [5.74, 6) is 0.928. The van der Waals surface area contributed by atoms with E-state index in [1.807, 2.05) is 0 Å². The van der Waals surface area contributed by atoms with Gasteiger partial charge in [-0.05, 0) is 46.0 Å². The van der Waals surface area contributed by atoms with Crippen molar-refractivity contribution in [3.05, 3.63) is 0 Å². The van der Waals surface area contributed by atoms with Crippen molar-refractivity contribution < 1.29 is 4.74 Å². The van der Waals surface area contributed by atoms with Gasteiger partial charge in [-0.2, -0.15) is 0 Å². The predicted molar refractivity (Wildman–Crippen MR) is 62.6 cm³/mol. The van der Waals surface area contributed by atoms with E-state index in [9.17, 15) is 0 Å². The Labute approximate surface area is 92.1 Å². The molecule has 1 aliphatic carbocycles. The van der Waals surface area contributed by atoms with Crippen LogP contribution < -0.4 is 11.5 Å². The number of nitrogens with zero attached hydrogens (tertiary/aromatic N) is 1. The highest BCUT2D eigenvalue weighted by Gasteiger charge is 2.32. The molecule has 0 amide bonds. The first-order valence-corrected chi connectivity index (χ1v) is 5.60. The average molecular weight is 213 g/mol. The largest absolute Gasteiger partial charge is 0.373 e. The molecule has 0 bridgehead atoms. The van der Waals surface area contributed by atoms with Crippen LogP contribution in [-0.2, 0) is 4.74 Å². The number of nitrogens with two attached hydrogens (primary N) is 2. The molecular weight excluding hydrogens is 190 g/mol. The molecule has 0 aromatic carbocycles. The summed E-state index contributed by atoms with van der Waals surface area (Å²) >= 11 is 0. The molecule has 0 aromatic rings. The molecule has 15 heavy (non-hydrogen) atoms. The highest BCUT2D eigenvalue weighted by molar-refractivity contribution is 5.75. The maximum Gasteiger partial charge on any atom is 0.185 e. The first-order chi connectivity index (χ1) is 6.87. The fourth-order valence-corrected chi connectivity index (χ4v) is 1.88. The zero-order valence-corrected chi connectivity index (χ0v) is 9.99. The van der Waals surface area contributed by atoms with E-state index < -0.39 is 0 Å². The van der Waals surface area contributed by atoms with Crippen molar-refractivity contribution >= 4 is 5.96 Å². The molecule has 0 aliphatic heterocycles. The van der Waals surface area contributed by atoms with Crippen LogP contribution in [0.2, 0.25) is 0 Å². The lowest BCUT2D eigenvalue weighted by molar-refractivity contribution is -0.112. The van der Waals surface area contributed by atoms with E-state index in [1.165, 1.54) is 0 Å². The van der Waals surface area contributed by atoms with Crippen LogP contribution in [0.4, 0.5) is 0 Å². The van der Waals surface area contributed by atoms with E-state index >= 15 is 0 Å². The maximum absolute atomic E-state index is 5.85. The SMILES string of the molecule is CC(C)(C)OC1CC(CCN=C(N)N)C1. The molecule has 0 spiro atoms. The summed E-state index contributed by atoms with van der Waals surface area (Å²) < 4.78 is 5.85.